The van der Waals surface area contributed by atoms with Gasteiger partial charge < -0.3 is 10.2 Å². The molecule has 0 saturated carbocycles. The van der Waals surface area contributed by atoms with E-state index in [1.165, 1.54) is 43.6 Å². The summed E-state index contributed by atoms with van der Waals surface area (Å²) in [4.78, 5) is 5.15. The molecule has 3 nitrogen and oxygen atoms in total. The lowest BCUT2D eigenvalue weighted by Crippen LogP contribution is -2.39. The molecule has 2 rings (SSSR count). The Kier molecular flexibility index (Phi) is 6.68. The second kappa shape index (κ2) is 8.52. The van der Waals surface area contributed by atoms with E-state index in [1.807, 2.05) is 7.05 Å². The molecule has 1 heterocycles. The number of rotatable bonds is 6. The van der Waals surface area contributed by atoms with Crippen molar-refractivity contribution in [3.05, 3.63) is 35.4 Å². The predicted molar refractivity (Wildman–Crippen MR) is 90.7 cm³/mol. The second-order valence-corrected chi connectivity index (χ2v) is 6.32. The summed E-state index contributed by atoms with van der Waals surface area (Å²) >= 11 is 0. The van der Waals surface area contributed by atoms with Gasteiger partial charge in [-0.25, -0.2) is 0 Å². The summed E-state index contributed by atoms with van der Waals surface area (Å²) in [6.07, 6.45) is 3.64. The highest BCUT2D eigenvalue weighted by molar-refractivity contribution is 5.23. The van der Waals surface area contributed by atoms with Crippen molar-refractivity contribution in [1.82, 2.24) is 15.1 Å². The molecule has 1 aliphatic heterocycles. The number of nitrogens with zero attached hydrogens (tertiary/aromatic N) is 2. The molecule has 1 saturated heterocycles. The molecule has 1 aromatic rings. The Hall–Kier alpha value is -0.900. The van der Waals surface area contributed by atoms with Crippen molar-refractivity contribution in [2.75, 3.05) is 40.3 Å². The average Bonchev–Trinajstić information content (AvgIpc) is 2.68. The average molecular weight is 289 g/mol. The maximum Gasteiger partial charge on any atom is 0.0237 e. The molecule has 0 aromatic heterocycles. The van der Waals surface area contributed by atoms with E-state index in [-0.39, 0.29) is 0 Å². The maximum atomic E-state index is 3.21. The molecule has 1 atom stereocenters. The van der Waals surface area contributed by atoms with Crippen LogP contribution in [0.4, 0.5) is 0 Å². The quantitative estimate of drug-likeness (QED) is 0.867. The number of likely N-dealkylation sites (N-methyl/N-ethyl adjacent to an activating group) is 2. The molecule has 0 aliphatic carbocycles. The largest absolute Gasteiger partial charge is 0.319 e. The fraction of sp³-hybridized carbons (Fsp3) is 0.667. The zero-order valence-electron chi connectivity index (χ0n) is 13.9. The SMILES string of the molecule is CCC1CN(C)CCCN1Cc1ccc(CCNC)cc1. The minimum atomic E-state index is 0.696. The molecule has 1 aromatic carbocycles. The summed E-state index contributed by atoms with van der Waals surface area (Å²) in [6.45, 7) is 8.13. The van der Waals surface area contributed by atoms with E-state index in [1.54, 1.807) is 0 Å². The van der Waals surface area contributed by atoms with Crippen LogP contribution in [0.25, 0.3) is 0 Å². The first kappa shape index (κ1) is 16.5. The fourth-order valence-electron chi connectivity index (χ4n) is 3.20. The van der Waals surface area contributed by atoms with Crippen molar-refractivity contribution < 1.29 is 0 Å². The van der Waals surface area contributed by atoms with Crippen molar-refractivity contribution in [3.63, 3.8) is 0 Å². The van der Waals surface area contributed by atoms with Crippen LogP contribution in [-0.2, 0) is 13.0 Å². The molecule has 3 heteroatoms. The molecular weight excluding hydrogens is 258 g/mol. The van der Waals surface area contributed by atoms with Gasteiger partial charge in [-0.15, -0.1) is 0 Å². The van der Waals surface area contributed by atoms with Crippen LogP contribution >= 0.6 is 0 Å². The van der Waals surface area contributed by atoms with Gasteiger partial charge in [0, 0.05) is 25.7 Å². The predicted octanol–water partition coefficient (Wildman–Crippen LogP) is 2.36. The summed E-state index contributed by atoms with van der Waals surface area (Å²) in [5.41, 5.74) is 2.88. The van der Waals surface area contributed by atoms with E-state index in [4.69, 9.17) is 0 Å². The molecule has 1 fully saturated rings. The first-order valence-electron chi connectivity index (χ1n) is 8.38. The third kappa shape index (κ3) is 5.10. The Bertz CT molecular complexity index is 401. The summed E-state index contributed by atoms with van der Waals surface area (Å²) < 4.78 is 0. The standard InChI is InChI=1S/C18H31N3/c1-4-18-15-20(3)12-5-13-21(18)14-17-8-6-16(7-9-17)10-11-19-2/h6-9,18-19H,4-5,10-15H2,1-3H3. The minimum Gasteiger partial charge on any atom is -0.319 e. The van der Waals surface area contributed by atoms with Gasteiger partial charge in [0.2, 0.25) is 0 Å². The van der Waals surface area contributed by atoms with Crippen LogP contribution in [-0.4, -0.2) is 56.1 Å². The topological polar surface area (TPSA) is 18.5 Å². The van der Waals surface area contributed by atoms with E-state index < -0.39 is 0 Å². The smallest absolute Gasteiger partial charge is 0.0237 e. The molecule has 1 aliphatic rings. The van der Waals surface area contributed by atoms with Crippen molar-refractivity contribution in [1.29, 1.82) is 0 Å². The number of nitrogens with one attached hydrogen (secondary N) is 1. The van der Waals surface area contributed by atoms with Crippen molar-refractivity contribution in [3.8, 4) is 0 Å². The Morgan fingerprint density at radius 2 is 1.86 bits per heavy atom. The molecule has 0 radical (unpaired) electrons. The third-order valence-electron chi connectivity index (χ3n) is 4.57. The van der Waals surface area contributed by atoms with Crippen molar-refractivity contribution >= 4 is 0 Å². The minimum absolute atomic E-state index is 0.696. The third-order valence-corrected chi connectivity index (χ3v) is 4.57. The van der Waals surface area contributed by atoms with Gasteiger partial charge in [-0.2, -0.15) is 0 Å². The summed E-state index contributed by atoms with van der Waals surface area (Å²) in [5.74, 6) is 0. The van der Waals surface area contributed by atoms with E-state index in [0.29, 0.717) is 6.04 Å². The van der Waals surface area contributed by atoms with Gasteiger partial charge >= 0.3 is 0 Å². The van der Waals surface area contributed by atoms with Gasteiger partial charge in [0.1, 0.15) is 0 Å². The molecule has 118 valence electrons. The van der Waals surface area contributed by atoms with Gasteiger partial charge in [-0.3, -0.25) is 4.90 Å². The van der Waals surface area contributed by atoms with Crippen LogP contribution in [0.5, 0.6) is 0 Å². The first-order chi connectivity index (χ1) is 10.2. The number of hydrogen-bond donors (Lipinski definition) is 1. The number of hydrogen-bond acceptors (Lipinski definition) is 3. The Morgan fingerprint density at radius 1 is 1.14 bits per heavy atom. The van der Waals surface area contributed by atoms with E-state index in [0.717, 1.165) is 19.5 Å². The lowest BCUT2D eigenvalue weighted by molar-refractivity contribution is 0.176. The first-order valence-corrected chi connectivity index (χ1v) is 8.38. The highest BCUT2D eigenvalue weighted by Crippen LogP contribution is 2.16. The molecule has 0 bridgehead atoms. The van der Waals surface area contributed by atoms with Gasteiger partial charge in [0.05, 0.1) is 0 Å². The van der Waals surface area contributed by atoms with Gasteiger partial charge in [0.15, 0.2) is 0 Å². The van der Waals surface area contributed by atoms with E-state index in [2.05, 4.69) is 53.4 Å². The monoisotopic (exact) mass is 289 g/mol. The Balaban J connectivity index is 1.95. The zero-order chi connectivity index (χ0) is 15.1. The highest BCUT2D eigenvalue weighted by Gasteiger charge is 2.21. The fourth-order valence-corrected chi connectivity index (χ4v) is 3.20. The van der Waals surface area contributed by atoms with Crippen LogP contribution in [0.15, 0.2) is 24.3 Å². The molecule has 0 spiro atoms. The van der Waals surface area contributed by atoms with E-state index in [9.17, 15) is 0 Å². The Morgan fingerprint density at radius 3 is 2.52 bits per heavy atom. The van der Waals surface area contributed by atoms with Crippen LogP contribution in [0.2, 0.25) is 0 Å². The molecule has 1 unspecified atom stereocenters. The number of benzene rings is 1. The lowest BCUT2D eigenvalue weighted by Gasteiger charge is -2.30. The van der Waals surface area contributed by atoms with Gasteiger partial charge in [-0.1, -0.05) is 31.2 Å². The van der Waals surface area contributed by atoms with Crippen LogP contribution in [0.3, 0.4) is 0 Å². The normalized spacial score (nSPS) is 21.4. The Labute approximate surface area is 130 Å². The van der Waals surface area contributed by atoms with Gasteiger partial charge in [-0.05, 0) is 57.6 Å². The van der Waals surface area contributed by atoms with Crippen LogP contribution in [0.1, 0.15) is 30.9 Å². The van der Waals surface area contributed by atoms with E-state index >= 15 is 0 Å². The van der Waals surface area contributed by atoms with Crippen LogP contribution in [0, 0.1) is 0 Å². The molecule has 1 N–H and O–H groups in total. The lowest BCUT2D eigenvalue weighted by atomic mass is 10.1. The van der Waals surface area contributed by atoms with Crippen LogP contribution < -0.4 is 5.32 Å². The highest BCUT2D eigenvalue weighted by atomic mass is 15.2. The van der Waals surface area contributed by atoms with Crippen molar-refractivity contribution in [2.24, 2.45) is 0 Å². The molecule has 21 heavy (non-hydrogen) atoms. The maximum absolute atomic E-state index is 3.21. The van der Waals surface area contributed by atoms with Gasteiger partial charge in [0.25, 0.3) is 0 Å². The summed E-state index contributed by atoms with van der Waals surface area (Å²) in [5, 5.41) is 3.21. The summed E-state index contributed by atoms with van der Waals surface area (Å²) in [6, 6.07) is 9.90. The molecular formula is C18H31N3. The van der Waals surface area contributed by atoms with Crippen molar-refractivity contribution in [2.45, 2.75) is 38.8 Å². The second-order valence-electron chi connectivity index (χ2n) is 6.32. The molecule has 0 amide bonds. The zero-order valence-corrected chi connectivity index (χ0v) is 13.9. The summed E-state index contributed by atoms with van der Waals surface area (Å²) in [7, 11) is 4.26.